The van der Waals surface area contributed by atoms with Crippen molar-refractivity contribution in [3.63, 3.8) is 0 Å². The zero-order valence-corrected chi connectivity index (χ0v) is 9.70. The van der Waals surface area contributed by atoms with E-state index in [0.717, 1.165) is 6.42 Å². The van der Waals surface area contributed by atoms with Crippen LogP contribution >= 0.6 is 11.8 Å². The molecule has 0 bridgehead atoms. The Bertz CT molecular complexity index is 366. The van der Waals surface area contributed by atoms with Crippen LogP contribution in [0.15, 0.2) is 11.2 Å². The van der Waals surface area contributed by atoms with Crippen molar-refractivity contribution in [3.05, 3.63) is 6.07 Å². The Labute approximate surface area is 97.5 Å². The summed E-state index contributed by atoms with van der Waals surface area (Å²) in [7, 11) is 0. The van der Waals surface area contributed by atoms with Crippen LogP contribution in [0, 0.1) is 0 Å². The molecule has 0 amide bonds. The number of nitrogen functional groups attached to an aromatic ring is 2. The van der Waals surface area contributed by atoms with Crippen molar-refractivity contribution in [1.82, 2.24) is 9.97 Å². The smallest absolute Gasteiger partial charge is 0.304 e. The molecule has 0 saturated heterocycles. The lowest BCUT2D eigenvalue weighted by molar-refractivity contribution is -0.136. The van der Waals surface area contributed by atoms with Gasteiger partial charge in [-0.2, -0.15) is 0 Å². The van der Waals surface area contributed by atoms with E-state index in [1.807, 2.05) is 6.92 Å². The van der Waals surface area contributed by atoms with Gasteiger partial charge in [0.25, 0.3) is 0 Å². The van der Waals surface area contributed by atoms with E-state index in [9.17, 15) is 4.79 Å². The molecule has 0 spiro atoms. The Balaban J connectivity index is 2.73. The molecule has 6 nitrogen and oxygen atoms in total. The lowest BCUT2D eigenvalue weighted by Crippen LogP contribution is -2.10. The number of nitrogens with zero attached hydrogens (tertiary/aromatic N) is 2. The van der Waals surface area contributed by atoms with Crippen LogP contribution in [0.4, 0.5) is 11.6 Å². The lowest BCUT2D eigenvalue weighted by Gasteiger charge is -2.10. The fraction of sp³-hybridized carbons (Fsp3) is 0.444. The Morgan fingerprint density at radius 1 is 1.50 bits per heavy atom. The van der Waals surface area contributed by atoms with E-state index in [-0.39, 0.29) is 11.7 Å². The second-order valence-electron chi connectivity index (χ2n) is 3.25. The minimum absolute atomic E-state index is 0.0687. The number of carbonyl (C=O) groups is 1. The first-order valence-corrected chi connectivity index (χ1v) is 5.67. The summed E-state index contributed by atoms with van der Waals surface area (Å²) in [6, 6.07) is 1.46. The highest BCUT2D eigenvalue weighted by molar-refractivity contribution is 7.99. The number of nitrogens with two attached hydrogens (primary N) is 2. The van der Waals surface area contributed by atoms with Crippen LogP contribution in [-0.2, 0) is 4.79 Å². The summed E-state index contributed by atoms with van der Waals surface area (Å²) in [5.74, 6) is -0.253. The molecule has 1 atom stereocenters. The number of carboxylic acid groups (broad SMARTS) is 1. The molecular formula is C9H14N4O2S. The average Bonchev–Trinajstić information content (AvgIpc) is 2.14. The molecule has 0 aromatic carbocycles. The van der Waals surface area contributed by atoms with E-state index in [1.54, 1.807) is 0 Å². The van der Waals surface area contributed by atoms with Crippen LogP contribution in [0.25, 0.3) is 0 Å². The second kappa shape index (κ2) is 5.55. The van der Waals surface area contributed by atoms with Crippen molar-refractivity contribution in [2.75, 3.05) is 11.5 Å². The molecule has 16 heavy (non-hydrogen) atoms. The standard InChI is InChI=1S/C9H14N4O2S/c1-2-5(3-8(14)15)16-9-12-6(10)4-7(11)13-9/h4-5H,2-3H2,1H3,(H,14,15)(H4,10,11,12,13). The summed E-state index contributed by atoms with van der Waals surface area (Å²) in [6.45, 7) is 1.91. The number of hydrogen-bond acceptors (Lipinski definition) is 6. The van der Waals surface area contributed by atoms with Crippen molar-refractivity contribution in [1.29, 1.82) is 0 Å². The Kier molecular flexibility index (Phi) is 4.36. The number of anilines is 2. The maximum atomic E-state index is 10.6. The molecule has 88 valence electrons. The number of rotatable bonds is 5. The molecule has 1 rings (SSSR count). The molecule has 0 fully saturated rings. The predicted octanol–water partition coefficient (Wildman–Crippen LogP) is 0.986. The van der Waals surface area contributed by atoms with Gasteiger partial charge in [-0.3, -0.25) is 4.79 Å². The van der Waals surface area contributed by atoms with Crippen molar-refractivity contribution < 1.29 is 9.90 Å². The van der Waals surface area contributed by atoms with Crippen LogP contribution < -0.4 is 11.5 Å². The summed E-state index contributed by atoms with van der Waals surface area (Å²) in [5, 5.41) is 9.05. The largest absolute Gasteiger partial charge is 0.481 e. The first-order chi connectivity index (χ1) is 7.51. The number of carboxylic acids is 1. The predicted molar refractivity (Wildman–Crippen MR) is 63.0 cm³/mol. The first kappa shape index (κ1) is 12.6. The third-order valence-electron chi connectivity index (χ3n) is 1.87. The zero-order chi connectivity index (χ0) is 12.1. The fourth-order valence-electron chi connectivity index (χ4n) is 1.13. The van der Waals surface area contributed by atoms with Crippen molar-refractivity contribution in [2.45, 2.75) is 30.2 Å². The van der Waals surface area contributed by atoms with Crippen LogP contribution in [0.3, 0.4) is 0 Å². The van der Waals surface area contributed by atoms with E-state index < -0.39 is 5.97 Å². The van der Waals surface area contributed by atoms with Crippen molar-refractivity contribution in [3.8, 4) is 0 Å². The average molecular weight is 242 g/mol. The second-order valence-corrected chi connectivity index (χ2v) is 4.51. The molecule has 5 N–H and O–H groups in total. The molecule has 1 heterocycles. The maximum absolute atomic E-state index is 10.6. The summed E-state index contributed by atoms with van der Waals surface area (Å²) in [4.78, 5) is 18.6. The van der Waals surface area contributed by atoms with Crippen LogP contribution in [0.2, 0.25) is 0 Å². The van der Waals surface area contributed by atoms with E-state index >= 15 is 0 Å². The number of aliphatic carboxylic acids is 1. The van der Waals surface area contributed by atoms with Gasteiger partial charge in [0.2, 0.25) is 0 Å². The van der Waals surface area contributed by atoms with Gasteiger partial charge in [0.1, 0.15) is 11.6 Å². The van der Waals surface area contributed by atoms with Gasteiger partial charge in [-0.05, 0) is 6.42 Å². The summed E-state index contributed by atoms with van der Waals surface area (Å²) in [6.07, 6.45) is 0.786. The van der Waals surface area contributed by atoms with Gasteiger partial charge in [0.05, 0.1) is 6.42 Å². The van der Waals surface area contributed by atoms with Crippen molar-refractivity contribution >= 4 is 29.4 Å². The summed E-state index contributed by atoms with van der Waals surface area (Å²) in [5.41, 5.74) is 11.0. The van der Waals surface area contributed by atoms with Gasteiger partial charge in [-0.15, -0.1) is 0 Å². The SMILES string of the molecule is CCC(CC(=O)O)Sc1nc(N)cc(N)n1. The molecular weight excluding hydrogens is 228 g/mol. The van der Waals surface area contributed by atoms with Gasteiger partial charge in [0, 0.05) is 11.3 Å². The minimum Gasteiger partial charge on any atom is -0.481 e. The Morgan fingerprint density at radius 3 is 2.50 bits per heavy atom. The highest BCUT2D eigenvalue weighted by atomic mass is 32.2. The molecule has 0 aliphatic carbocycles. The van der Waals surface area contributed by atoms with E-state index in [1.165, 1.54) is 17.8 Å². The molecule has 0 radical (unpaired) electrons. The Hall–Kier alpha value is -1.50. The molecule has 0 aliphatic heterocycles. The lowest BCUT2D eigenvalue weighted by atomic mass is 10.2. The third kappa shape index (κ3) is 3.93. The monoisotopic (exact) mass is 242 g/mol. The molecule has 1 unspecified atom stereocenters. The molecule has 1 aromatic heterocycles. The third-order valence-corrected chi connectivity index (χ3v) is 3.10. The van der Waals surface area contributed by atoms with Gasteiger partial charge < -0.3 is 16.6 Å². The fourth-order valence-corrected chi connectivity index (χ4v) is 2.13. The van der Waals surface area contributed by atoms with Gasteiger partial charge >= 0.3 is 5.97 Å². The zero-order valence-electron chi connectivity index (χ0n) is 8.88. The van der Waals surface area contributed by atoms with Crippen molar-refractivity contribution in [2.24, 2.45) is 0 Å². The van der Waals surface area contributed by atoms with Gasteiger partial charge in [0.15, 0.2) is 5.16 Å². The molecule has 1 aromatic rings. The maximum Gasteiger partial charge on any atom is 0.304 e. The first-order valence-electron chi connectivity index (χ1n) is 4.79. The molecule has 0 saturated carbocycles. The Morgan fingerprint density at radius 2 is 2.06 bits per heavy atom. The van der Waals surface area contributed by atoms with Crippen LogP contribution in [-0.4, -0.2) is 26.3 Å². The van der Waals surface area contributed by atoms with E-state index in [0.29, 0.717) is 16.8 Å². The molecule has 0 aliphatic rings. The van der Waals surface area contributed by atoms with Crippen LogP contribution in [0.1, 0.15) is 19.8 Å². The summed E-state index contributed by atoms with van der Waals surface area (Å²) >= 11 is 1.28. The van der Waals surface area contributed by atoms with Gasteiger partial charge in [-0.25, -0.2) is 9.97 Å². The number of hydrogen-bond donors (Lipinski definition) is 3. The van der Waals surface area contributed by atoms with E-state index in [4.69, 9.17) is 16.6 Å². The normalized spacial score (nSPS) is 12.3. The topological polar surface area (TPSA) is 115 Å². The highest BCUT2D eigenvalue weighted by Crippen LogP contribution is 2.25. The number of thioether (sulfide) groups is 1. The minimum atomic E-state index is -0.837. The van der Waals surface area contributed by atoms with Gasteiger partial charge in [-0.1, -0.05) is 18.7 Å². The van der Waals surface area contributed by atoms with Crippen LogP contribution in [0.5, 0.6) is 0 Å². The highest BCUT2D eigenvalue weighted by Gasteiger charge is 2.14. The van der Waals surface area contributed by atoms with E-state index in [2.05, 4.69) is 9.97 Å². The number of aromatic nitrogens is 2. The molecule has 7 heteroatoms. The quantitative estimate of drug-likeness (QED) is 0.520. The summed E-state index contributed by atoms with van der Waals surface area (Å²) < 4.78 is 0.